The van der Waals surface area contributed by atoms with Crippen LogP contribution < -0.4 is 0 Å². The molecule has 0 spiro atoms. The van der Waals surface area contributed by atoms with Gasteiger partial charge in [-0.1, -0.05) is 28.1 Å². The number of nitrogens with zero attached hydrogens (tertiary/aromatic N) is 1. The molecule has 0 saturated carbocycles. The lowest BCUT2D eigenvalue weighted by Gasteiger charge is -2.16. The van der Waals surface area contributed by atoms with E-state index in [1.54, 1.807) is 12.3 Å². The van der Waals surface area contributed by atoms with E-state index in [0.717, 1.165) is 19.2 Å². The molecule has 0 aliphatic carbocycles. The van der Waals surface area contributed by atoms with Gasteiger partial charge in [0.15, 0.2) is 5.78 Å². The molecule has 0 aliphatic heterocycles. The highest BCUT2D eigenvalue weighted by atomic mass is 79.9. The molecule has 0 atom stereocenters. The van der Waals surface area contributed by atoms with Crippen LogP contribution in [-0.4, -0.2) is 29.1 Å². The van der Waals surface area contributed by atoms with Crippen molar-refractivity contribution in [1.82, 2.24) is 4.90 Å². The van der Waals surface area contributed by atoms with Gasteiger partial charge in [-0.25, -0.2) is 0 Å². The maximum absolute atomic E-state index is 13.1. The smallest absolute Gasteiger partial charge is 0.378 e. The van der Waals surface area contributed by atoms with Gasteiger partial charge in [0, 0.05) is 18.7 Å². The van der Waals surface area contributed by atoms with Gasteiger partial charge in [-0.3, -0.25) is 4.79 Å². The van der Waals surface area contributed by atoms with Crippen LogP contribution in [0.1, 0.15) is 35.3 Å². The molecule has 0 saturated heterocycles. The summed E-state index contributed by atoms with van der Waals surface area (Å²) >= 11 is 2.94. The fraction of sp³-hybridized carbons (Fsp3) is 0.400. The summed E-state index contributed by atoms with van der Waals surface area (Å²) in [5, 5.41) is -0.147. The van der Waals surface area contributed by atoms with Crippen LogP contribution in [0.2, 0.25) is 0 Å². The largest absolute Gasteiger partial charge is 0.417 e. The van der Waals surface area contributed by atoms with Crippen molar-refractivity contribution in [3.8, 4) is 0 Å². The number of rotatable bonds is 6. The van der Waals surface area contributed by atoms with Crippen LogP contribution in [0.15, 0.2) is 24.4 Å². The van der Waals surface area contributed by atoms with E-state index >= 15 is 0 Å². The second-order valence-electron chi connectivity index (χ2n) is 4.36. The van der Waals surface area contributed by atoms with E-state index in [4.69, 9.17) is 0 Å². The Balaban J connectivity index is 3.35. The standard InChI is InChI=1S/C15H17BrF3NO/c1-3-20(4-2)9-8-11-6-5-7-12(15(17,18)19)14(11)13(21)10-16/h5-9H,3-4,10H2,1-2H3. The summed E-state index contributed by atoms with van der Waals surface area (Å²) in [6, 6.07) is 3.77. The lowest BCUT2D eigenvalue weighted by atomic mass is 9.97. The fourth-order valence-electron chi connectivity index (χ4n) is 1.94. The number of carbonyl (C=O) groups excluding carboxylic acids is 1. The van der Waals surface area contributed by atoms with Crippen molar-refractivity contribution in [3.63, 3.8) is 0 Å². The van der Waals surface area contributed by atoms with Gasteiger partial charge < -0.3 is 4.90 Å². The third-order valence-corrected chi connectivity index (χ3v) is 3.59. The molecule has 0 bridgehead atoms. The second-order valence-corrected chi connectivity index (χ2v) is 4.92. The minimum absolute atomic E-state index is 0.147. The molecule has 6 heteroatoms. The van der Waals surface area contributed by atoms with Gasteiger partial charge in [-0.2, -0.15) is 13.2 Å². The second kappa shape index (κ2) is 7.64. The predicted molar refractivity (Wildman–Crippen MR) is 81.5 cm³/mol. The zero-order chi connectivity index (χ0) is 16.0. The van der Waals surface area contributed by atoms with Gasteiger partial charge >= 0.3 is 6.18 Å². The Morgan fingerprint density at radius 1 is 1.29 bits per heavy atom. The van der Waals surface area contributed by atoms with Crippen LogP contribution in [0, 0.1) is 0 Å². The van der Waals surface area contributed by atoms with E-state index in [0.29, 0.717) is 0 Å². The third-order valence-electron chi connectivity index (χ3n) is 3.08. The van der Waals surface area contributed by atoms with E-state index in [2.05, 4.69) is 15.9 Å². The van der Waals surface area contributed by atoms with E-state index < -0.39 is 17.5 Å². The molecule has 0 aliphatic rings. The SMILES string of the molecule is CCN(C=Cc1cccc(C(F)(F)F)c1C(=O)CBr)CC. The van der Waals surface area contributed by atoms with Crippen molar-refractivity contribution in [2.24, 2.45) is 0 Å². The Hall–Kier alpha value is -1.30. The molecule has 2 nitrogen and oxygen atoms in total. The summed E-state index contributed by atoms with van der Waals surface area (Å²) in [6.07, 6.45) is -1.29. The van der Waals surface area contributed by atoms with E-state index in [-0.39, 0.29) is 16.5 Å². The van der Waals surface area contributed by atoms with Gasteiger partial charge in [0.05, 0.1) is 10.9 Å². The normalized spacial score (nSPS) is 11.9. The molecule has 0 heterocycles. The first-order valence-electron chi connectivity index (χ1n) is 6.56. The number of halogens is 4. The van der Waals surface area contributed by atoms with Crippen molar-refractivity contribution in [2.45, 2.75) is 20.0 Å². The minimum Gasteiger partial charge on any atom is -0.378 e. The van der Waals surface area contributed by atoms with E-state index in [1.165, 1.54) is 12.1 Å². The third kappa shape index (κ3) is 4.59. The van der Waals surface area contributed by atoms with Crippen LogP contribution in [0.4, 0.5) is 13.2 Å². The molecule has 0 amide bonds. The number of Topliss-reactive ketones (excluding diaryl/α,β-unsaturated/α-hetero) is 1. The van der Waals surface area contributed by atoms with E-state index in [1.807, 2.05) is 18.7 Å². The monoisotopic (exact) mass is 363 g/mol. The van der Waals surface area contributed by atoms with Crippen molar-refractivity contribution in [1.29, 1.82) is 0 Å². The number of ketones is 1. The Bertz CT molecular complexity index is 522. The molecular weight excluding hydrogens is 347 g/mol. The maximum atomic E-state index is 13.1. The molecule has 0 fully saturated rings. The summed E-state index contributed by atoms with van der Waals surface area (Å²) in [7, 11) is 0. The minimum atomic E-state index is -4.55. The molecular formula is C15H17BrF3NO. The highest BCUT2D eigenvalue weighted by Crippen LogP contribution is 2.34. The summed E-state index contributed by atoms with van der Waals surface area (Å²) in [4.78, 5) is 13.8. The Morgan fingerprint density at radius 2 is 1.90 bits per heavy atom. The molecule has 116 valence electrons. The van der Waals surface area contributed by atoms with Crippen LogP contribution in [0.25, 0.3) is 6.08 Å². The van der Waals surface area contributed by atoms with Gasteiger partial charge in [0.25, 0.3) is 0 Å². The van der Waals surface area contributed by atoms with Gasteiger partial charge in [-0.05, 0) is 37.8 Å². The van der Waals surface area contributed by atoms with Gasteiger partial charge in [0.1, 0.15) is 0 Å². The van der Waals surface area contributed by atoms with Crippen LogP contribution >= 0.6 is 15.9 Å². The zero-order valence-corrected chi connectivity index (χ0v) is 13.5. The van der Waals surface area contributed by atoms with Crippen LogP contribution in [0.5, 0.6) is 0 Å². The highest BCUT2D eigenvalue weighted by molar-refractivity contribution is 9.09. The predicted octanol–water partition coefficient (Wildman–Crippen LogP) is 4.60. The topological polar surface area (TPSA) is 20.3 Å². The number of benzene rings is 1. The van der Waals surface area contributed by atoms with Gasteiger partial charge in [0.2, 0.25) is 0 Å². The maximum Gasteiger partial charge on any atom is 0.417 e. The van der Waals surface area contributed by atoms with Crippen molar-refractivity contribution in [2.75, 3.05) is 18.4 Å². The summed E-state index contributed by atoms with van der Waals surface area (Å²) in [5.74, 6) is -0.581. The molecule has 0 unspecified atom stereocenters. The number of hydrogen-bond acceptors (Lipinski definition) is 2. The van der Waals surface area contributed by atoms with Crippen molar-refractivity contribution < 1.29 is 18.0 Å². The molecule has 0 aromatic heterocycles. The highest BCUT2D eigenvalue weighted by Gasteiger charge is 2.35. The van der Waals surface area contributed by atoms with E-state index in [9.17, 15) is 18.0 Å². The fourth-order valence-corrected chi connectivity index (χ4v) is 2.22. The lowest BCUT2D eigenvalue weighted by molar-refractivity contribution is -0.137. The lowest BCUT2D eigenvalue weighted by Crippen LogP contribution is -2.17. The first-order chi connectivity index (χ1) is 9.85. The molecule has 0 radical (unpaired) electrons. The Labute approximate surface area is 130 Å². The Morgan fingerprint density at radius 3 is 2.38 bits per heavy atom. The zero-order valence-electron chi connectivity index (χ0n) is 11.9. The summed E-state index contributed by atoms with van der Waals surface area (Å²) in [6.45, 7) is 5.39. The number of carbonyl (C=O) groups is 1. The first kappa shape index (κ1) is 17.8. The number of alkyl halides is 4. The Kier molecular flexibility index (Phi) is 6.45. The quantitative estimate of drug-likeness (QED) is 0.543. The van der Waals surface area contributed by atoms with Crippen LogP contribution in [0.3, 0.4) is 0 Å². The molecule has 21 heavy (non-hydrogen) atoms. The summed E-state index contributed by atoms with van der Waals surface area (Å²) in [5.41, 5.74) is -0.903. The number of hydrogen-bond donors (Lipinski definition) is 0. The molecule has 1 aromatic carbocycles. The average molecular weight is 364 g/mol. The van der Waals surface area contributed by atoms with Crippen molar-refractivity contribution >= 4 is 27.8 Å². The van der Waals surface area contributed by atoms with Crippen LogP contribution in [-0.2, 0) is 6.18 Å². The molecule has 1 aromatic rings. The van der Waals surface area contributed by atoms with Gasteiger partial charge in [-0.15, -0.1) is 0 Å². The molecule has 1 rings (SSSR count). The van der Waals surface area contributed by atoms with Crippen molar-refractivity contribution in [3.05, 3.63) is 41.1 Å². The average Bonchev–Trinajstić information content (AvgIpc) is 2.46. The summed E-state index contributed by atoms with van der Waals surface area (Å²) < 4.78 is 39.2. The first-order valence-corrected chi connectivity index (χ1v) is 7.68. The molecule has 0 N–H and O–H groups in total.